The van der Waals surface area contributed by atoms with Crippen LogP contribution in [0.15, 0.2) is 47.8 Å². The minimum atomic E-state index is -0.797. The van der Waals surface area contributed by atoms with Crippen molar-refractivity contribution in [1.82, 2.24) is 4.98 Å². The van der Waals surface area contributed by atoms with Crippen LogP contribution in [0.1, 0.15) is 35.5 Å². The van der Waals surface area contributed by atoms with E-state index in [9.17, 15) is 19.7 Å². The first-order valence-corrected chi connectivity index (χ1v) is 10.2. The first-order valence-electron chi connectivity index (χ1n) is 9.35. The van der Waals surface area contributed by atoms with Crippen molar-refractivity contribution in [2.45, 2.75) is 26.9 Å². The average Bonchev–Trinajstić information content (AvgIpc) is 3.21. The van der Waals surface area contributed by atoms with Crippen molar-refractivity contribution in [2.75, 3.05) is 10.6 Å². The SMILES string of the molecule is CCc1ccc(N(C(C)=O)c2nc(COC(=O)c3cc([N+](=O)[O-])ccc3N)cs2)cc1. The Balaban J connectivity index is 1.74. The summed E-state index contributed by atoms with van der Waals surface area (Å²) in [6.45, 7) is 3.32. The summed E-state index contributed by atoms with van der Waals surface area (Å²) in [5.74, 6) is -0.999. The number of nitrogen functional groups attached to an aromatic ring is 1. The quantitative estimate of drug-likeness (QED) is 0.252. The number of nitrogens with zero attached hydrogens (tertiary/aromatic N) is 3. The lowest BCUT2D eigenvalue weighted by atomic mass is 10.1. The topological polar surface area (TPSA) is 129 Å². The van der Waals surface area contributed by atoms with Crippen molar-refractivity contribution in [3.63, 3.8) is 0 Å². The Morgan fingerprint density at radius 3 is 2.55 bits per heavy atom. The molecule has 2 N–H and O–H groups in total. The van der Waals surface area contributed by atoms with Gasteiger partial charge in [-0.1, -0.05) is 19.1 Å². The van der Waals surface area contributed by atoms with E-state index in [1.807, 2.05) is 31.2 Å². The molecule has 0 aliphatic carbocycles. The zero-order chi connectivity index (χ0) is 22.5. The predicted molar refractivity (Wildman–Crippen MR) is 117 cm³/mol. The summed E-state index contributed by atoms with van der Waals surface area (Å²) in [7, 11) is 0. The van der Waals surface area contributed by atoms with Crippen molar-refractivity contribution in [2.24, 2.45) is 0 Å². The van der Waals surface area contributed by atoms with Gasteiger partial charge in [0, 0.05) is 30.1 Å². The summed E-state index contributed by atoms with van der Waals surface area (Å²) in [5, 5.41) is 13.0. The first-order chi connectivity index (χ1) is 14.8. The molecule has 0 saturated heterocycles. The molecule has 0 saturated carbocycles. The van der Waals surface area contributed by atoms with Gasteiger partial charge in [-0.2, -0.15) is 0 Å². The van der Waals surface area contributed by atoms with Crippen LogP contribution >= 0.6 is 11.3 Å². The van der Waals surface area contributed by atoms with E-state index in [1.165, 1.54) is 35.3 Å². The van der Waals surface area contributed by atoms with Gasteiger partial charge in [0.1, 0.15) is 6.61 Å². The second kappa shape index (κ2) is 9.35. The Hall–Kier alpha value is -3.79. The van der Waals surface area contributed by atoms with Crippen molar-refractivity contribution in [3.05, 3.63) is 74.8 Å². The largest absolute Gasteiger partial charge is 0.455 e. The molecule has 1 aromatic heterocycles. The number of hydrogen-bond donors (Lipinski definition) is 1. The van der Waals surface area contributed by atoms with Gasteiger partial charge in [0.25, 0.3) is 5.69 Å². The summed E-state index contributed by atoms with van der Waals surface area (Å²) in [4.78, 5) is 40.7. The van der Waals surface area contributed by atoms with Gasteiger partial charge in [0.2, 0.25) is 5.91 Å². The van der Waals surface area contributed by atoms with Gasteiger partial charge in [-0.25, -0.2) is 9.78 Å². The number of esters is 1. The number of thiazole rings is 1. The molecular weight excluding hydrogens is 420 g/mol. The standard InChI is InChI=1S/C21H20N4O5S/c1-3-14-4-6-16(7-5-14)24(13(2)26)21-23-15(12-31-21)11-30-20(27)18-10-17(25(28)29)8-9-19(18)22/h4-10,12H,3,11,22H2,1-2H3. The lowest BCUT2D eigenvalue weighted by molar-refractivity contribution is -0.384. The average molecular weight is 440 g/mol. The fourth-order valence-electron chi connectivity index (χ4n) is 2.82. The Kier molecular flexibility index (Phi) is 6.61. The molecule has 0 radical (unpaired) electrons. The molecule has 0 aliphatic heterocycles. The monoisotopic (exact) mass is 440 g/mol. The second-order valence-corrected chi connectivity index (χ2v) is 7.44. The minimum Gasteiger partial charge on any atom is -0.455 e. The number of carbonyl (C=O) groups is 2. The van der Waals surface area contributed by atoms with E-state index in [4.69, 9.17) is 10.5 Å². The maximum Gasteiger partial charge on any atom is 0.340 e. The molecule has 31 heavy (non-hydrogen) atoms. The Morgan fingerprint density at radius 2 is 1.94 bits per heavy atom. The zero-order valence-electron chi connectivity index (χ0n) is 16.9. The maximum absolute atomic E-state index is 12.3. The molecule has 1 heterocycles. The zero-order valence-corrected chi connectivity index (χ0v) is 17.7. The molecule has 2 aromatic carbocycles. The highest BCUT2D eigenvalue weighted by Gasteiger charge is 2.20. The molecule has 0 aliphatic rings. The van der Waals surface area contributed by atoms with Gasteiger partial charge in [-0.15, -0.1) is 11.3 Å². The van der Waals surface area contributed by atoms with E-state index in [1.54, 1.807) is 5.38 Å². The van der Waals surface area contributed by atoms with Crippen LogP contribution in [0.25, 0.3) is 0 Å². The van der Waals surface area contributed by atoms with Crippen LogP contribution in [0, 0.1) is 10.1 Å². The third-order valence-corrected chi connectivity index (χ3v) is 5.34. The maximum atomic E-state index is 12.3. The van der Waals surface area contributed by atoms with Gasteiger partial charge in [0.05, 0.1) is 21.9 Å². The third-order valence-electron chi connectivity index (χ3n) is 4.47. The number of nitro groups is 1. The summed E-state index contributed by atoms with van der Waals surface area (Å²) < 4.78 is 5.22. The minimum absolute atomic E-state index is 0.0767. The Bertz CT molecular complexity index is 1130. The molecule has 0 spiro atoms. The molecule has 3 rings (SSSR count). The highest BCUT2D eigenvalue weighted by atomic mass is 32.1. The lowest BCUT2D eigenvalue weighted by Crippen LogP contribution is -2.22. The number of carbonyl (C=O) groups excluding carboxylic acids is 2. The smallest absolute Gasteiger partial charge is 0.340 e. The lowest BCUT2D eigenvalue weighted by Gasteiger charge is -2.18. The summed E-state index contributed by atoms with van der Waals surface area (Å²) >= 11 is 1.24. The number of hydrogen-bond acceptors (Lipinski definition) is 8. The van der Waals surface area contributed by atoms with Crippen molar-refractivity contribution in [1.29, 1.82) is 0 Å². The molecule has 3 aromatic rings. The molecule has 0 fully saturated rings. The molecule has 0 bridgehead atoms. The molecule has 9 nitrogen and oxygen atoms in total. The number of aromatic nitrogens is 1. The Labute approximate surface area is 182 Å². The number of rotatable bonds is 7. The van der Waals surface area contributed by atoms with Gasteiger partial charge >= 0.3 is 5.97 Å². The van der Waals surface area contributed by atoms with E-state index in [-0.39, 0.29) is 29.5 Å². The molecular formula is C21H20N4O5S. The number of anilines is 3. The van der Waals surface area contributed by atoms with E-state index in [2.05, 4.69) is 4.98 Å². The summed E-state index contributed by atoms with van der Waals surface area (Å²) in [6.07, 6.45) is 0.891. The van der Waals surface area contributed by atoms with E-state index in [0.29, 0.717) is 16.5 Å². The number of nitro benzene ring substituents is 1. The van der Waals surface area contributed by atoms with Crippen LogP contribution in [0.4, 0.5) is 22.2 Å². The molecule has 160 valence electrons. The number of ether oxygens (including phenoxy) is 1. The fraction of sp³-hybridized carbons (Fsp3) is 0.190. The van der Waals surface area contributed by atoms with Crippen LogP contribution in [-0.4, -0.2) is 21.8 Å². The molecule has 0 atom stereocenters. The summed E-state index contributed by atoms with van der Waals surface area (Å²) in [5.41, 5.74) is 7.74. The second-order valence-electron chi connectivity index (χ2n) is 6.60. The summed E-state index contributed by atoms with van der Waals surface area (Å²) in [6, 6.07) is 11.2. The van der Waals surface area contributed by atoms with Crippen LogP contribution in [0.3, 0.4) is 0 Å². The van der Waals surface area contributed by atoms with Gasteiger partial charge in [-0.3, -0.25) is 19.8 Å². The number of aryl methyl sites for hydroxylation is 1. The van der Waals surface area contributed by atoms with Crippen LogP contribution in [-0.2, 0) is 22.6 Å². The number of nitrogens with two attached hydrogens (primary N) is 1. The third kappa shape index (κ3) is 5.04. The van der Waals surface area contributed by atoms with Gasteiger partial charge < -0.3 is 10.5 Å². The van der Waals surface area contributed by atoms with E-state index in [0.717, 1.165) is 18.1 Å². The normalized spacial score (nSPS) is 10.5. The van der Waals surface area contributed by atoms with Crippen molar-refractivity contribution < 1.29 is 19.2 Å². The number of benzene rings is 2. The number of non-ortho nitro benzene ring substituents is 1. The van der Waals surface area contributed by atoms with Gasteiger partial charge in [-0.05, 0) is 30.2 Å². The molecule has 0 unspecified atom stereocenters. The molecule has 1 amide bonds. The Morgan fingerprint density at radius 1 is 1.23 bits per heavy atom. The predicted octanol–water partition coefficient (Wildman–Crippen LogP) is 4.24. The number of amides is 1. The van der Waals surface area contributed by atoms with E-state index >= 15 is 0 Å². The van der Waals surface area contributed by atoms with Crippen LogP contribution < -0.4 is 10.6 Å². The highest BCUT2D eigenvalue weighted by molar-refractivity contribution is 7.14. The van der Waals surface area contributed by atoms with Crippen molar-refractivity contribution in [3.8, 4) is 0 Å². The van der Waals surface area contributed by atoms with E-state index < -0.39 is 10.9 Å². The van der Waals surface area contributed by atoms with Gasteiger partial charge in [0.15, 0.2) is 5.13 Å². The molecule has 10 heteroatoms. The fourth-order valence-corrected chi connectivity index (χ4v) is 3.70. The first kappa shape index (κ1) is 21.9. The highest BCUT2D eigenvalue weighted by Crippen LogP contribution is 2.29. The van der Waals surface area contributed by atoms with Crippen LogP contribution in [0.2, 0.25) is 0 Å². The van der Waals surface area contributed by atoms with Crippen LogP contribution in [0.5, 0.6) is 0 Å². The van der Waals surface area contributed by atoms with Crippen molar-refractivity contribution >= 4 is 45.4 Å².